The molecule has 4 nitrogen and oxygen atoms in total. The number of phenols is 1. The van der Waals surface area contributed by atoms with E-state index >= 15 is 0 Å². The van der Waals surface area contributed by atoms with Gasteiger partial charge in [0.25, 0.3) is 0 Å². The smallest absolute Gasteiger partial charge is 0.409 e. The van der Waals surface area contributed by atoms with Gasteiger partial charge in [-0.25, -0.2) is 0 Å². The highest BCUT2D eigenvalue weighted by atomic mass is 19.4. The molecule has 1 saturated carbocycles. The normalized spacial score (nSPS) is 20.9. The van der Waals surface area contributed by atoms with Crippen LogP contribution in [-0.2, 0) is 11.2 Å². The predicted molar refractivity (Wildman–Crippen MR) is 92.1 cm³/mol. The number of halogens is 3. The van der Waals surface area contributed by atoms with E-state index in [0.717, 1.165) is 31.2 Å². The summed E-state index contributed by atoms with van der Waals surface area (Å²) < 4.78 is 41.3. The summed E-state index contributed by atoms with van der Waals surface area (Å²) in [6.07, 6.45) is 1.01. The molecule has 26 heavy (non-hydrogen) atoms. The molecule has 1 amide bonds. The summed E-state index contributed by atoms with van der Waals surface area (Å²) in [7, 11) is 1.45. The third-order valence-corrected chi connectivity index (χ3v) is 4.60. The summed E-state index contributed by atoms with van der Waals surface area (Å²) in [5.41, 5.74) is 0.739. The lowest BCUT2D eigenvalue weighted by Crippen LogP contribution is -2.38. The number of methoxy groups -OCH3 is 1. The van der Waals surface area contributed by atoms with Crippen LogP contribution >= 0.6 is 0 Å². The van der Waals surface area contributed by atoms with Gasteiger partial charge in [0.1, 0.15) is 0 Å². The van der Waals surface area contributed by atoms with Gasteiger partial charge >= 0.3 is 6.18 Å². The van der Waals surface area contributed by atoms with Crippen molar-refractivity contribution in [2.45, 2.75) is 50.7 Å². The number of amides is 1. The van der Waals surface area contributed by atoms with Crippen LogP contribution in [0.5, 0.6) is 11.5 Å². The van der Waals surface area contributed by atoms with Crippen molar-refractivity contribution in [1.82, 2.24) is 5.32 Å². The summed E-state index contributed by atoms with van der Waals surface area (Å²) >= 11 is 0. The molecule has 2 N–H and O–H groups in total. The highest BCUT2D eigenvalue weighted by molar-refractivity contribution is 5.79. The van der Waals surface area contributed by atoms with Crippen LogP contribution in [0.1, 0.15) is 37.7 Å². The Balaban J connectivity index is 1.75. The first-order chi connectivity index (χ1) is 12.3. The van der Waals surface area contributed by atoms with Crippen LogP contribution in [0.4, 0.5) is 13.2 Å². The summed E-state index contributed by atoms with van der Waals surface area (Å²) in [6, 6.07) is 4.84. The van der Waals surface area contributed by atoms with Crippen LogP contribution in [0.2, 0.25) is 0 Å². The van der Waals surface area contributed by atoms with Crippen LogP contribution in [0.3, 0.4) is 0 Å². The molecule has 0 unspecified atom stereocenters. The van der Waals surface area contributed by atoms with Gasteiger partial charge in [-0.15, -0.1) is 0 Å². The largest absolute Gasteiger partial charge is 0.504 e. The number of phenolic OH excluding ortho intramolecular Hbond substituents is 1. The Labute approximate surface area is 151 Å². The minimum absolute atomic E-state index is 0.0227. The monoisotopic (exact) mass is 371 g/mol. The Bertz CT molecular complexity index is 635. The lowest BCUT2D eigenvalue weighted by Gasteiger charge is -2.28. The second-order valence-corrected chi connectivity index (χ2v) is 6.65. The zero-order chi connectivity index (χ0) is 19.2. The number of alkyl halides is 3. The molecule has 7 heteroatoms. The van der Waals surface area contributed by atoms with Crippen molar-refractivity contribution < 1.29 is 27.8 Å². The average Bonchev–Trinajstić information content (AvgIpc) is 2.57. The maximum absolute atomic E-state index is 12.2. The molecule has 0 aliphatic heterocycles. The van der Waals surface area contributed by atoms with E-state index in [2.05, 4.69) is 5.32 Å². The Hall–Kier alpha value is -2.18. The Morgan fingerprint density at radius 1 is 1.31 bits per heavy atom. The quantitative estimate of drug-likeness (QED) is 0.740. The second kappa shape index (κ2) is 8.96. The van der Waals surface area contributed by atoms with E-state index < -0.39 is 6.18 Å². The number of hydrogen-bond donors (Lipinski definition) is 2. The van der Waals surface area contributed by atoms with Crippen LogP contribution in [0.25, 0.3) is 0 Å². The van der Waals surface area contributed by atoms with Gasteiger partial charge in [-0.2, -0.15) is 13.2 Å². The number of carbonyl (C=O) groups excluding carboxylic acids is 1. The highest BCUT2D eigenvalue weighted by Crippen LogP contribution is 2.29. The zero-order valence-corrected chi connectivity index (χ0v) is 14.7. The van der Waals surface area contributed by atoms with Gasteiger partial charge in [-0.1, -0.05) is 12.1 Å². The molecule has 1 aliphatic rings. The molecule has 1 aliphatic carbocycles. The molecule has 2 rings (SSSR count). The van der Waals surface area contributed by atoms with Gasteiger partial charge in [0.2, 0.25) is 5.91 Å². The molecular weight excluding hydrogens is 347 g/mol. The van der Waals surface area contributed by atoms with Crippen molar-refractivity contribution in [3.05, 3.63) is 35.9 Å². The van der Waals surface area contributed by atoms with Crippen LogP contribution in [0.15, 0.2) is 30.4 Å². The molecule has 0 heterocycles. The topological polar surface area (TPSA) is 58.6 Å². The first-order valence-electron chi connectivity index (χ1n) is 8.66. The SMILES string of the molecule is COc1cc(CC(=O)NC2CCC(C/C=C/C(F)(F)F)CC2)ccc1O. The number of allylic oxidation sites excluding steroid dienone is 2. The third kappa shape index (κ3) is 6.61. The van der Waals surface area contributed by atoms with Crippen LogP contribution in [0, 0.1) is 5.92 Å². The molecule has 144 valence electrons. The lowest BCUT2D eigenvalue weighted by atomic mass is 9.84. The van der Waals surface area contributed by atoms with E-state index in [1.807, 2.05) is 0 Å². The molecule has 1 aromatic carbocycles. The number of benzene rings is 1. The predicted octanol–water partition coefficient (Wildman–Crippen LogP) is 4.13. The molecule has 1 fully saturated rings. The Kier molecular flexibility index (Phi) is 6.94. The fourth-order valence-electron chi connectivity index (χ4n) is 3.23. The maximum atomic E-state index is 12.2. The number of nitrogens with one attached hydrogen (secondary N) is 1. The van der Waals surface area contributed by atoms with Crippen molar-refractivity contribution in [3.63, 3.8) is 0 Å². The maximum Gasteiger partial charge on any atom is 0.409 e. The van der Waals surface area contributed by atoms with Gasteiger partial charge in [0.05, 0.1) is 13.5 Å². The second-order valence-electron chi connectivity index (χ2n) is 6.65. The fraction of sp³-hybridized carbons (Fsp3) is 0.526. The van der Waals surface area contributed by atoms with Crippen molar-refractivity contribution >= 4 is 5.91 Å². The van der Waals surface area contributed by atoms with Crippen LogP contribution in [-0.4, -0.2) is 30.3 Å². The Morgan fingerprint density at radius 3 is 2.62 bits per heavy atom. The number of ether oxygens (including phenoxy) is 1. The molecule has 0 spiro atoms. The van der Waals surface area contributed by atoms with Gasteiger partial charge < -0.3 is 15.2 Å². The first-order valence-corrected chi connectivity index (χ1v) is 8.66. The number of carbonyl (C=O) groups is 1. The highest BCUT2D eigenvalue weighted by Gasteiger charge is 2.24. The molecule has 0 atom stereocenters. The van der Waals surface area contributed by atoms with Gasteiger partial charge in [0.15, 0.2) is 11.5 Å². The van der Waals surface area contributed by atoms with E-state index in [1.165, 1.54) is 19.3 Å². The third-order valence-electron chi connectivity index (χ3n) is 4.60. The van der Waals surface area contributed by atoms with E-state index in [9.17, 15) is 23.1 Å². The summed E-state index contributed by atoms with van der Waals surface area (Å²) in [5.74, 6) is 0.471. The van der Waals surface area contributed by atoms with Crippen molar-refractivity contribution in [3.8, 4) is 11.5 Å². The van der Waals surface area contributed by atoms with E-state index in [0.29, 0.717) is 18.2 Å². The van der Waals surface area contributed by atoms with E-state index in [1.54, 1.807) is 12.1 Å². The minimum atomic E-state index is -4.25. The molecule has 0 radical (unpaired) electrons. The molecule has 0 saturated heterocycles. The molecule has 0 aromatic heterocycles. The molecular formula is C19H24F3NO3. The van der Waals surface area contributed by atoms with Crippen LogP contribution < -0.4 is 10.1 Å². The average molecular weight is 371 g/mol. The first kappa shape index (κ1) is 20.1. The van der Waals surface area contributed by atoms with Crippen molar-refractivity contribution in [2.24, 2.45) is 5.92 Å². The standard InChI is InChI=1S/C19H24F3NO3/c1-26-17-11-14(6-9-16(17)24)12-18(25)23-15-7-4-13(5-8-15)3-2-10-19(20,21)22/h2,6,9-11,13,15,24H,3-5,7-8,12H2,1H3,(H,23,25)/b10-2+. The van der Waals surface area contributed by atoms with E-state index in [4.69, 9.17) is 4.74 Å². The van der Waals surface area contributed by atoms with Gasteiger partial charge in [-0.05, 0) is 55.7 Å². The van der Waals surface area contributed by atoms with Gasteiger partial charge in [0, 0.05) is 12.1 Å². The molecule has 1 aromatic rings. The number of rotatable bonds is 6. The Morgan fingerprint density at radius 2 is 2.00 bits per heavy atom. The zero-order valence-electron chi connectivity index (χ0n) is 14.7. The number of aromatic hydroxyl groups is 1. The van der Waals surface area contributed by atoms with Crippen molar-refractivity contribution in [2.75, 3.05) is 7.11 Å². The fourth-order valence-corrected chi connectivity index (χ4v) is 3.23. The molecule has 0 bridgehead atoms. The van der Waals surface area contributed by atoms with E-state index in [-0.39, 0.29) is 30.0 Å². The lowest BCUT2D eigenvalue weighted by molar-refractivity contribution is -0.121. The summed E-state index contributed by atoms with van der Waals surface area (Å²) in [6.45, 7) is 0. The number of hydrogen-bond acceptors (Lipinski definition) is 3. The van der Waals surface area contributed by atoms with Crippen molar-refractivity contribution in [1.29, 1.82) is 0 Å². The summed E-state index contributed by atoms with van der Waals surface area (Å²) in [4.78, 5) is 12.2. The van der Waals surface area contributed by atoms with Gasteiger partial charge in [-0.3, -0.25) is 4.79 Å². The minimum Gasteiger partial charge on any atom is -0.504 e. The summed E-state index contributed by atoms with van der Waals surface area (Å²) in [5, 5.41) is 12.5.